The van der Waals surface area contributed by atoms with Gasteiger partial charge in [0.25, 0.3) is 0 Å². The van der Waals surface area contributed by atoms with Crippen LogP contribution in [0, 0.1) is 5.92 Å². The summed E-state index contributed by atoms with van der Waals surface area (Å²) in [6.07, 6.45) is 2.01. The molecule has 0 radical (unpaired) electrons. The Kier molecular flexibility index (Phi) is 5.31. The number of rotatable bonds is 4. The van der Waals surface area contributed by atoms with Crippen LogP contribution in [-0.2, 0) is 11.3 Å². The van der Waals surface area contributed by atoms with Gasteiger partial charge in [0.1, 0.15) is 0 Å². The Morgan fingerprint density at radius 2 is 1.87 bits per heavy atom. The maximum absolute atomic E-state index is 12.5. The summed E-state index contributed by atoms with van der Waals surface area (Å²) in [6.45, 7) is 2.71. The van der Waals surface area contributed by atoms with E-state index in [1.165, 1.54) is 5.56 Å². The number of likely N-dealkylation sites (tertiary alicyclic amines) is 1. The number of carbonyl (C=O) groups excluding carboxylic acids is 1. The lowest BCUT2D eigenvalue weighted by atomic mass is 9.96. The first-order chi connectivity index (χ1) is 11.2. The Morgan fingerprint density at radius 1 is 1.13 bits per heavy atom. The number of carbonyl (C=O) groups is 1. The molecule has 0 aromatic heterocycles. The number of nitrogens with zero attached hydrogens (tertiary/aromatic N) is 1. The lowest BCUT2D eigenvalue weighted by Gasteiger charge is -2.32. The summed E-state index contributed by atoms with van der Waals surface area (Å²) in [7, 11) is 0. The van der Waals surface area contributed by atoms with E-state index in [9.17, 15) is 4.79 Å². The van der Waals surface area contributed by atoms with Crippen molar-refractivity contribution < 1.29 is 4.79 Å². The fourth-order valence-corrected chi connectivity index (χ4v) is 3.15. The van der Waals surface area contributed by atoms with Crippen LogP contribution in [0.3, 0.4) is 0 Å². The topological polar surface area (TPSA) is 32.3 Å². The zero-order chi connectivity index (χ0) is 16.1. The van der Waals surface area contributed by atoms with Gasteiger partial charge in [-0.05, 0) is 49.2 Å². The Morgan fingerprint density at radius 3 is 2.61 bits per heavy atom. The monoisotopic (exact) mass is 328 g/mol. The van der Waals surface area contributed by atoms with Gasteiger partial charge in [-0.15, -0.1) is 0 Å². The zero-order valence-electron chi connectivity index (χ0n) is 13.0. The minimum atomic E-state index is 0.0521. The fraction of sp³-hybridized carbons (Fsp3) is 0.316. The molecule has 23 heavy (non-hydrogen) atoms. The second kappa shape index (κ2) is 7.62. The van der Waals surface area contributed by atoms with Gasteiger partial charge in [0.05, 0.1) is 5.92 Å². The lowest BCUT2D eigenvalue weighted by Crippen LogP contribution is -2.40. The number of amides is 1. The summed E-state index contributed by atoms with van der Waals surface area (Å²) >= 11 is 5.93. The third-order valence-electron chi connectivity index (χ3n) is 4.24. The van der Waals surface area contributed by atoms with E-state index in [0.717, 1.165) is 43.2 Å². The summed E-state index contributed by atoms with van der Waals surface area (Å²) < 4.78 is 0. The standard InChI is InChI=1S/C19H21ClN2O/c20-17-10-8-15(9-11-17)13-22-12-4-5-16(14-22)19(23)21-18-6-2-1-3-7-18/h1-3,6-11,16H,4-5,12-14H2,(H,21,23)/t16-/m0/s1. The van der Waals surface area contributed by atoms with Crippen molar-refractivity contribution in [2.24, 2.45) is 5.92 Å². The molecule has 0 saturated carbocycles. The van der Waals surface area contributed by atoms with Gasteiger partial charge >= 0.3 is 0 Å². The number of piperidine rings is 1. The van der Waals surface area contributed by atoms with E-state index in [2.05, 4.69) is 22.3 Å². The van der Waals surface area contributed by atoms with Gasteiger partial charge in [0.2, 0.25) is 5.91 Å². The van der Waals surface area contributed by atoms with Crippen molar-refractivity contribution >= 4 is 23.2 Å². The number of hydrogen-bond acceptors (Lipinski definition) is 2. The van der Waals surface area contributed by atoms with E-state index in [0.29, 0.717) is 0 Å². The minimum Gasteiger partial charge on any atom is -0.326 e. The number of hydrogen-bond donors (Lipinski definition) is 1. The predicted molar refractivity (Wildman–Crippen MR) is 94.5 cm³/mol. The van der Waals surface area contributed by atoms with Crippen molar-refractivity contribution in [3.63, 3.8) is 0 Å². The van der Waals surface area contributed by atoms with Gasteiger partial charge in [-0.1, -0.05) is 41.9 Å². The Bertz CT molecular complexity index is 642. The van der Waals surface area contributed by atoms with Gasteiger partial charge in [-0.3, -0.25) is 9.69 Å². The fourth-order valence-electron chi connectivity index (χ4n) is 3.03. The average molecular weight is 329 g/mol. The van der Waals surface area contributed by atoms with Crippen LogP contribution in [0.1, 0.15) is 18.4 Å². The number of benzene rings is 2. The van der Waals surface area contributed by atoms with Crippen LogP contribution in [0.15, 0.2) is 54.6 Å². The number of nitrogens with one attached hydrogen (secondary N) is 1. The van der Waals surface area contributed by atoms with Crippen molar-refractivity contribution in [3.8, 4) is 0 Å². The molecular weight excluding hydrogens is 308 g/mol. The Hall–Kier alpha value is -1.84. The molecule has 1 heterocycles. The summed E-state index contributed by atoms with van der Waals surface area (Å²) in [5.74, 6) is 0.174. The second-order valence-corrected chi connectivity index (χ2v) is 6.49. The molecule has 120 valence electrons. The molecule has 3 rings (SSSR count). The quantitative estimate of drug-likeness (QED) is 0.912. The van der Waals surface area contributed by atoms with Crippen molar-refractivity contribution in [1.29, 1.82) is 0 Å². The number of para-hydroxylation sites is 1. The molecule has 2 aromatic carbocycles. The first-order valence-electron chi connectivity index (χ1n) is 8.03. The van der Waals surface area contributed by atoms with E-state index in [1.54, 1.807) is 0 Å². The maximum Gasteiger partial charge on any atom is 0.228 e. The molecule has 0 bridgehead atoms. The number of halogens is 1. The van der Waals surface area contributed by atoms with Gasteiger partial charge in [0.15, 0.2) is 0 Å². The molecule has 0 spiro atoms. The molecular formula is C19H21ClN2O. The molecule has 1 N–H and O–H groups in total. The molecule has 2 aromatic rings. The van der Waals surface area contributed by atoms with Crippen LogP contribution >= 0.6 is 11.6 Å². The normalized spacial score (nSPS) is 18.6. The second-order valence-electron chi connectivity index (χ2n) is 6.06. The summed E-state index contributed by atoms with van der Waals surface area (Å²) in [5.41, 5.74) is 2.10. The molecule has 1 amide bonds. The van der Waals surface area contributed by atoms with E-state index in [4.69, 9.17) is 11.6 Å². The van der Waals surface area contributed by atoms with Crippen LogP contribution < -0.4 is 5.32 Å². The van der Waals surface area contributed by atoms with E-state index >= 15 is 0 Å². The van der Waals surface area contributed by atoms with Crippen LogP contribution in [0.5, 0.6) is 0 Å². The molecule has 1 aliphatic rings. The Balaban J connectivity index is 1.57. The first-order valence-corrected chi connectivity index (χ1v) is 8.41. The molecule has 0 unspecified atom stereocenters. The van der Waals surface area contributed by atoms with Crippen molar-refractivity contribution in [2.45, 2.75) is 19.4 Å². The smallest absolute Gasteiger partial charge is 0.228 e. The summed E-state index contributed by atoms with van der Waals surface area (Å²) in [5, 5.41) is 3.78. The molecule has 3 nitrogen and oxygen atoms in total. The molecule has 1 aliphatic heterocycles. The molecule has 1 atom stereocenters. The Labute approximate surface area is 142 Å². The third kappa shape index (κ3) is 4.57. The zero-order valence-corrected chi connectivity index (χ0v) is 13.8. The van der Waals surface area contributed by atoms with Gasteiger partial charge in [0, 0.05) is 23.8 Å². The van der Waals surface area contributed by atoms with E-state index in [-0.39, 0.29) is 11.8 Å². The highest BCUT2D eigenvalue weighted by Gasteiger charge is 2.25. The van der Waals surface area contributed by atoms with Crippen molar-refractivity contribution in [1.82, 2.24) is 4.90 Å². The van der Waals surface area contributed by atoms with E-state index < -0.39 is 0 Å². The summed E-state index contributed by atoms with van der Waals surface area (Å²) in [6, 6.07) is 17.6. The third-order valence-corrected chi connectivity index (χ3v) is 4.49. The minimum absolute atomic E-state index is 0.0521. The van der Waals surface area contributed by atoms with Crippen LogP contribution in [0.4, 0.5) is 5.69 Å². The SMILES string of the molecule is O=C(Nc1ccccc1)[C@H]1CCCN(Cc2ccc(Cl)cc2)C1. The average Bonchev–Trinajstić information content (AvgIpc) is 2.58. The highest BCUT2D eigenvalue weighted by Crippen LogP contribution is 2.21. The highest BCUT2D eigenvalue weighted by molar-refractivity contribution is 6.30. The predicted octanol–water partition coefficient (Wildman–Crippen LogP) is 4.19. The van der Waals surface area contributed by atoms with E-state index in [1.807, 2.05) is 42.5 Å². The molecule has 1 saturated heterocycles. The van der Waals surface area contributed by atoms with Gasteiger partial charge in [-0.25, -0.2) is 0 Å². The maximum atomic E-state index is 12.5. The largest absolute Gasteiger partial charge is 0.326 e. The highest BCUT2D eigenvalue weighted by atomic mass is 35.5. The lowest BCUT2D eigenvalue weighted by molar-refractivity contribution is -0.121. The van der Waals surface area contributed by atoms with Crippen LogP contribution in [0.2, 0.25) is 5.02 Å². The first kappa shape index (κ1) is 16.0. The van der Waals surface area contributed by atoms with Crippen molar-refractivity contribution in [2.75, 3.05) is 18.4 Å². The van der Waals surface area contributed by atoms with Crippen molar-refractivity contribution in [3.05, 3.63) is 65.2 Å². The van der Waals surface area contributed by atoms with Crippen LogP contribution in [-0.4, -0.2) is 23.9 Å². The molecule has 1 fully saturated rings. The molecule has 0 aliphatic carbocycles. The van der Waals surface area contributed by atoms with Gasteiger partial charge in [-0.2, -0.15) is 0 Å². The number of anilines is 1. The van der Waals surface area contributed by atoms with Crippen LogP contribution in [0.25, 0.3) is 0 Å². The van der Waals surface area contributed by atoms with Gasteiger partial charge < -0.3 is 5.32 Å². The molecule has 4 heteroatoms. The summed E-state index contributed by atoms with van der Waals surface area (Å²) in [4.78, 5) is 14.8.